The molecule has 1 atom stereocenters. The van der Waals surface area contributed by atoms with Crippen LogP contribution in [0.25, 0.3) is 0 Å². The van der Waals surface area contributed by atoms with E-state index >= 15 is 0 Å². The van der Waals surface area contributed by atoms with Crippen molar-refractivity contribution in [1.82, 2.24) is 15.3 Å². The molecular weight excluding hydrogens is 452 g/mol. The molecule has 3 aliphatic heterocycles. The van der Waals surface area contributed by atoms with Crippen LogP contribution in [0.4, 0.5) is 17.6 Å². The van der Waals surface area contributed by atoms with Gasteiger partial charge in [0.2, 0.25) is 5.95 Å². The Morgan fingerprint density at radius 2 is 1.76 bits per heavy atom. The number of ether oxygens (including phenoxy) is 3. The Morgan fingerprint density at radius 3 is 2.56 bits per heavy atom. The van der Waals surface area contributed by atoms with Crippen LogP contribution in [0.2, 0.25) is 0 Å². The smallest absolute Gasteiger partial charge is 0.232 e. The Bertz CT molecular complexity index is 1020. The van der Waals surface area contributed by atoms with Crippen molar-refractivity contribution in [2.45, 2.75) is 26.3 Å². The molecule has 0 radical (unpaired) electrons. The number of rotatable bonds is 5. The van der Waals surface area contributed by atoms with E-state index in [9.17, 15) is 0 Å². The van der Waals surface area contributed by atoms with Gasteiger partial charge in [0, 0.05) is 38.8 Å². The van der Waals surface area contributed by atoms with Crippen molar-refractivity contribution in [2.24, 2.45) is 5.92 Å². The van der Waals surface area contributed by atoms with Crippen LogP contribution in [-0.4, -0.2) is 67.7 Å². The third-order valence-electron chi connectivity index (χ3n) is 6.30. The summed E-state index contributed by atoms with van der Waals surface area (Å²) in [7, 11) is 0. The van der Waals surface area contributed by atoms with Crippen molar-refractivity contribution >= 4 is 34.9 Å². The van der Waals surface area contributed by atoms with Gasteiger partial charge in [-0.3, -0.25) is 0 Å². The van der Waals surface area contributed by atoms with Crippen LogP contribution in [0.15, 0.2) is 24.3 Å². The van der Waals surface area contributed by atoms with E-state index in [1.807, 2.05) is 18.2 Å². The second kappa shape index (κ2) is 10.6. The lowest BCUT2D eigenvalue weighted by Crippen LogP contribution is -2.38. The van der Waals surface area contributed by atoms with Gasteiger partial charge in [0.15, 0.2) is 16.6 Å². The van der Waals surface area contributed by atoms with Crippen molar-refractivity contribution in [3.8, 4) is 11.5 Å². The Morgan fingerprint density at radius 1 is 1.00 bits per heavy atom. The largest absolute Gasteiger partial charge is 0.486 e. The highest BCUT2D eigenvalue weighted by Crippen LogP contribution is 2.31. The summed E-state index contributed by atoms with van der Waals surface area (Å²) < 4.78 is 16.8. The zero-order valence-corrected chi connectivity index (χ0v) is 20.4. The van der Waals surface area contributed by atoms with Crippen LogP contribution < -0.4 is 29.9 Å². The van der Waals surface area contributed by atoms with Crippen LogP contribution in [0.1, 0.15) is 25.3 Å². The molecule has 3 aliphatic rings. The molecule has 0 amide bonds. The van der Waals surface area contributed by atoms with Crippen LogP contribution in [-0.2, 0) is 11.3 Å². The molecule has 0 unspecified atom stereocenters. The lowest BCUT2D eigenvalue weighted by Gasteiger charge is -2.33. The average Bonchev–Trinajstić information content (AvgIpc) is 2.88. The summed E-state index contributed by atoms with van der Waals surface area (Å²) in [6, 6.07) is 8.02. The van der Waals surface area contributed by atoms with E-state index in [0.29, 0.717) is 50.0 Å². The predicted molar refractivity (Wildman–Crippen MR) is 136 cm³/mol. The summed E-state index contributed by atoms with van der Waals surface area (Å²) in [5, 5.41) is 6.94. The molecule has 1 aromatic carbocycles. The van der Waals surface area contributed by atoms with E-state index in [4.69, 9.17) is 36.4 Å². The van der Waals surface area contributed by atoms with E-state index in [1.165, 1.54) is 12.8 Å². The third kappa shape index (κ3) is 5.61. The monoisotopic (exact) mass is 484 g/mol. The Labute approximate surface area is 205 Å². The topological polar surface area (TPSA) is 84.0 Å². The van der Waals surface area contributed by atoms with Gasteiger partial charge in [0.25, 0.3) is 0 Å². The summed E-state index contributed by atoms with van der Waals surface area (Å²) in [6.45, 7) is 9.07. The van der Waals surface area contributed by atoms with Gasteiger partial charge >= 0.3 is 0 Å². The standard InChI is InChI=1S/C24H32N6O3S/c1-17-3-2-6-30(16-17)22-14-21(29-7-9-31-10-8-29)26-23(27-22)28-24(34)25-15-18-4-5-19-20(13-18)33-12-11-32-19/h4-5,13-14,17H,2-3,6-12,15-16H2,1H3,(H2,25,26,27,28,34)/t17-/m0/s1. The highest BCUT2D eigenvalue weighted by molar-refractivity contribution is 7.80. The number of aromatic nitrogens is 2. The van der Waals surface area contributed by atoms with Crippen molar-refractivity contribution in [1.29, 1.82) is 0 Å². The molecule has 0 spiro atoms. The van der Waals surface area contributed by atoms with Crippen LogP contribution in [0, 0.1) is 5.92 Å². The number of hydrogen-bond acceptors (Lipinski definition) is 8. The molecule has 0 bridgehead atoms. The Hall–Kier alpha value is -2.85. The maximum atomic E-state index is 5.68. The maximum absolute atomic E-state index is 5.68. The van der Waals surface area contributed by atoms with Gasteiger partial charge in [-0.25, -0.2) is 0 Å². The quantitative estimate of drug-likeness (QED) is 0.618. The molecule has 10 heteroatoms. The molecular formula is C24H32N6O3S. The van der Waals surface area contributed by atoms with Gasteiger partial charge in [0.05, 0.1) is 13.2 Å². The van der Waals surface area contributed by atoms with Crippen molar-refractivity contribution in [3.63, 3.8) is 0 Å². The first-order valence-corrected chi connectivity index (χ1v) is 12.4. The van der Waals surface area contributed by atoms with E-state index in [0.717, 1.165) is 54.9 Å². The molecule has 0 saturated carbocycles. The maximum Gasteiger partial charge on any atom is 0.232 e. The summed E-state index contributed by atoms with van der Waals surface area (Å²) in [5.74, 6) is 4.57. The SMILES string of the molecule is C[C@H]1CCCN(c2cc(N3CCOCC3)nc(NC(=S)NCc3ccc4c(c3)OCCO4)n2)C1. The minimum absolute atomic E-state index is 0.479. The Kier molecular flexibility index (Phi) is 7.15. The summed E-state index contributed by atoms with van der Waals surface area (Å²) >= 11 is 5.57. The molecule has 0 aliphatic carbocycles. The van der Waals surface area contributed by atoms with Crippen LogP contribution in [0.3, 0.4) is 0 Å². The van der Waals surface area contributed by atoms with E-state index in [-0.39, 0.29) is 0 Å². The second-order valence-corrected chi connectivity index (χ2v) is 9.39. The first-order chi connectivity index (χ1) is 16.6. The number of thiocarbonyl (C=S) groups is 1. The number of hydrogen-bond donors (Lipinski definition) is 2. The van der Waals surface area contributed by atoms with Gasteiger partial charge in [0.1, 0.15) is 24.8 Å². The second-order valence-electron chi connectivity index (χ2n) is 8.99. The zero-order valence-electron chi connectivity index (χ0n) is 19.6. The van der Waals surface area contributed by atoms with E-state index < -0.39 is 0 Å². The molecule has 2 fully saturated rings. The van der Waals surface area contributed by atoms with E-state index in [2.05, 4.69) is 33.4 Å². The minimum Gasteiger partial charge on any atom is -0.486 e. The summed E-state index contributed by atoms with van der Waals surface area (Å²) in [4.78, 5) is 14.2. The predicted octanol–water partition coefficient (Wildman–Crippen LogP) is 2.81. The number of nitrogens with one attached hydrogen (secondary N) is 2. The van der Waals surface area contributed by atoms with Crippen molar-refractivity contribution < 1.29 is 14.2 Å². The molecule has 9 nitrogen and oxygen atoms in total. The highest BCUT2D eigenvalue weighted by atomic mass is 32.1. The van der Waals surface area contributed by atoms with Gasteiger partial charge in [-0.05, 0) is 48.7 Å². The number of benzene rings is 1. The van der Waals surface area contributed by atoms with Crippen LogP contribution in [0.5, 0.6) is 11.5 Å². The minimum atomic E-state index is 0.479. The van der Waals surface area contributed by atoms with Gasteiger partial charge in [-0.15, -0.1) is 0 Å². The molecule has 5 rings (SSSR count). The van der Waals surface area contributed by atoms with Gasteiger partial charge < -0.3 is 34.6 Å². The molecule has 2 N–H and O–H groups in total. The lowest BCUT2D eigenvalue weighted by molar-refractivity contribution is 0.122. The fourth-order valence-electron chi connectivity index (χ4n) is 4.52. The van der Waals surface area contributed by atoms with Crippen LogP contribution >= 0.6 is 12.2 Å². The molecule has 1 aromatic heterocycles. The first-order valence-electron chi connectivity index (χ1n) is 12.0. The number of morpholine rings is 1. The molecule has 2 saturated heterocycles. The van der Waals surface area contributed by atoms with Gasteiger partial charge in [-0.2, -0.15) is 9.97 Å². The highest BCUT2D eigenvalue weighted by Gasteiger charge is 2.22. The number of nitrogens with zero attached hydrogens (tertiary/aromatic N) is 4. The third-order valence-corrected chi connectivity index (χ3v) is 6.55. The number of anilines is 3. The van der Waals surface area contributed by atoms with Gasteiger partial charge in [-0.1, -0.05) is 13.0 Å². The number of piperidine rings is 1. The zero-order chi connectivity index (χ0) is 23.3. The first kappa shape index (κ1) is 22.9. The average molecular weight is 485 g/mol. The summed E-state index contributed by atoms with van der Waals surface area (Å²) in [5.41, 5.74) is 1.05. The summed E-state index contributed by atoms with van der Waals surface area (Å²) in [6.07, 6.45) is 2.44. The molecule has 4 heterocycles. The molecule has 182 valence electrons. The fraction of sp³-hybridized carbons (Fsp3) is 0.542. The normalized spacial score (nSPS) is 20.1. The van der Waals surface area contributed by atoms with E-state index in [1.54, 1.807) is 0 Å². The molecule has 34 heavy (non-hydrogen) atoms. The molecule has 2 aromatic rings. The fourth-order valence-corrected chi connectivity index (χ4v) is 4.68. The Balaban J connectivity index is 1.28. The number of fused-ring (bicyclic) bond motifs is 1. The lowest BCUT2D eigenvalue weighted by atomic mass is 10.0. The van der Waals surface area contributed by atoms with Crippen molar-refractivity contribution in [3.05, 3.63) is 29.8 Å². The van der Waals surface area contributed by atoms with Crippen molar-refractivity contribution in [2.75, 3.05) is 67.7 Å².